The summed E-state index contributed by atoms with van der Waals surface area (Å²) in [5, 5.41) is 11.1. The Bertz CT molecular complexity index is 280. The molecule has 3 amide bonds. The van der Waals surface area contributed by atoms with Gasteiger partial charge in [-0.2, -0.15) is 0 Å². The predicted octanol–water partition coefficient (Wildman–Crippen LogP) is -0.634. The molecule has 7 nitrogen and oxygen atoms in total. The van der Waals surface area contributed by atoms with Crippen LogP contribution in [0.15, 0.2) is 0 Å². The van der Waals surface area contributed by atoms with Crippen molar-refractivity contribution in [3.63, 3.8) is 0 Å². The summed E-state index contributed by atoms with van der Waals surface area (Å²) in [5.41, 5.74) is 4.90. The Hall–Kier alpha value is -1.79. The van der Waals surface area contributed by atoms with E-state index < -0.39 is 23.9 Å². The summed E-state index contributed by atoms with van der Waals surface area (Å²) in [6.07, 6.45) is -0.0823. The Morgan fingerprint density at radius 1 is 1.44 bits per heavy atom. The number of rotatable bonds is 6. The summed E-state index contributed by atoms with van der Waals surface area (Å²) < 4.78 is 0. The molecule has 0 rings (SSSR count). The van der Waals surface area contributed by atoms with Crippen molar-refractivity contribution < 1.29 is 19.5 Å². The minimum atomic E-state index is -1.18. The van der Waals surface area contributed by atoms with Crippen molar-refractivity contribution in [1.29, 1.82) is 0 Å². The minimum Gasteiger partial charge on any atom is -0.480 e. The molecule has 0 bridgehead atoms. The van der Waals surface area contributed by atoms with E-state index in [-0.39, 0.29) is 12.8 Å². The highest BCUT2D eigenvalue weighted by molar-refractivity contribution is 5.83. The maximum Gasteiger partial charge on any atom is 0.326 e. The van der Waals surface area contributed by atoms with Gasteiger partial charge in [-0.05, 0) is 13.3 Å². The molecule has 0 aromatic carbocycles. The predicted molar refractivity (Wildman–Crippen MR) is 56.7 cm³/mol. The largest absolute Gasteiger partial charge is 0.480 e. The Labute approximate surface area is 93.6 Å². The van der Waals surface area contributed by atoms with Crippen LogP contribution in [0.2, 0.25) is 0 Å². The number of primary amides is 1. The number of hydrogen-bond donors (Lipinski definition) is 3. The molecule has 0 aliphatic carbocycles. The van der Waals surface area contributed by atoms with Crippen LogP contribution in [-0.4, -0.2) is 47.5 Å². The molecule has 16 heavy (non-hydrogen) atoms. The van der Waals surface area contributed by atoms with Crippen molar-refractivity contribution >= 4 is 17.9 Å². The molecule has 0 heterocycles. The van der Waals surface area contributed by atoms with Crippen molar-refractivity contribution in [3.8, 4) is 0 Å². The fraction of sp³-hybridized carbons (Fsp3) is 0.667. The van der Waals surface area contributed by atoms with Gasteiger partial charge in [0, 0.05) is 20.0 Å². The first-order valence-electron chi connectivity index (χ1n) is 4.91. The topological polar surface area (TPSA) is 113 Å². The molecule has 92 valence electrons. The van der Waals surface area contributed by atoms with Gasteiger partial charge in [-0.3, -0.25) is 4.79 Å². The zero-order valence-corrected chi connectivity index (χ0v) is 9.40. The molecule has 0 saturated heterocycles. The lowest BCUT2D eigenvalue weighted by Crippen LogP contribution is -2.46. The summed E-state index contributed by atoms with van der Waals surface area (Å²) in [5.74, 6) is -1.77. The van der Waals surface area contributed by atoms with Gasteiger partial charge in [-0.25, -0.2) is 9.59 Å². The number of urea groups is 1. The second-order valence-electron chi connectivity index (χ2n) is 3.36. The van der Waals surface area contributed by atoms with Crippen LogP contribution in [0.3, 0.4) is 0 Å². The van der Waals surface area contributed by atoms with Crippen molar-refractivity contribution in [3.05, 3.63) is 0 Å². The Kier molecular flexibility index (Phi) is 5.91. The van der Waals surface area contributed by atoms with E-state index in [0.29, 0.717) is 6.54 Å². The van der Waals surface area contributed by atoms with E-state index in [9.17, 15) is 14.4 Å². The van der Waals surface area contributed by atoms with Gasteiger partial charge >= 0.3 is 12.0 Å². The van der Waals surface area contributed by atoms with Crippen LogP contribution in [0.25, 0.3) is 0 Å². The van der Waals surface area contributed by atoms with Crippen molar-refractivity contribution in [2.75, 3.05) is 13.6 Å². The summed E-state index contributed by atoms with van der Waals surface area (Å²) >= 11 is 0. The molecule has 0 aliphatic heterocycles. The molecule has 0 unspecified atom stereocenters. The molecule has 0 fully saturated rings. The Balaban J connectivity index is 4.28. The maximum absolute atomic E-state index is 11.4. The molecule has 0 aromatic heterocycles. The molecule has 0 spiro atoms. The van der Waals surface area contributed by atoms with E-state index in [1.807, 2.05) is 0 Å². The minimum absolute atomic E-state index is 0.00599. The zero-order chi connectivity index (χ0) is 12.7. The number of nitrogens with zero attached hydrogens (tertiary/aromatic N) is 1. The first kappa shape index (κ1) is 14.2. The van der Waals surface area contributed by atoms with Crippen LogP contribution < -0.4 is 11.1 Å². The van der Waals surface area contributed by atoms with E-state index in [1.165, 1.54) is 4.90 Å². The Morgan fingerprint density at radius 2 is 2.00 bits per heavy atom. The van der Waals surface area contributed by atoms with Gasteiger partial charge in [0.2, 0.25) is 5.91 Å². The smallest absolute Gasteiger partial charge is 0.326 e. The van der Waals surface area contributed by atoms with E-state index in [4.69, 9.17) is 10.8 Å². The summed E-state index contributed by atoms with van der Waals surface area (Å²) in [7, 11) is 1.54. The van der Waals surface area contributed by atoms with Gasteiger partial charge in [0.15, 0.2) is 0 Å². The van der Waals surface area contributed by atoms with Crippen molar-refractivity contribution in [1.82, 2.24) is 10.2 Å². The van der Waals surface area contributed by atoms with Gasteiger partial charge < -0.3 is 21.1 Å². The lowest BCUT2D eigenvalue weighted by molar-refractivity contribution is -0.139. The number of aliphatic carboxylic acids is 1. The molecular formula is C9H17N3O4. The summed E-state index contributed by atoms with van der Waals surface area (Å²) in [6.45, 7) is 2.23. The standard InChI is InChI=1S/C9H17N3O4/c1-3-12(2)9(16)11-6(8(14)15)4-5-7(10)13/h6H,3-5H2,1-2H3,(H2,10,13)(H,11,16)(H,14,15)/t6-/m1/s1. The van der Waals surface area contributed by atoms with Crippen LogP contribution in [-0.2, 0) is 9.59 Å². The number of carboxylic acids is 1. The number of hydrogen-bond acceptors (Lipinski definition) is 3. The first-order chi connectivity index (χ1) is 7.38. The van der Waals surface area contributed by atoms with E-state index >= 15 is 0 Å². The third kappa shape index (κ3) is 5.18. The highest BCUT2D eigenvalue weighted by Crippen LogP contribution is 1.98. The fourth-order valence-corrected chi connectivity index (χ4v) is 0.947. The molecule has 0 aromatic rings. The molecule has 0 saturated carbocycles. The van der Waals surface area contributed by atoms with Crippen LogP contribution in [0, 0.1) is 0 Å². The Morgan fingerprint density at radius 3 is 2.38 bits per heavy atom. The average molecular weight is 231 g/mol. The number of nitrogens with one attached hydrogen (secondary N) is 1. The van der Waals surface area contributed by atoms with Crippen molar-refractivity contribution in [2.45, 2.75) is 25.8 Å². The van der Waals surface area contributed by atoms with E-state index in [0.717, 1.165) is 0 Å². The third-order valence-corrected chi connectivity index (χ3v) is 2.10. The van der Waals surface area contributed by atoms with Gasteiger partial charge in [0.1, 0.15) is 6.04 Å². The number of nitrogens with two attached hydrogens (primary N) is 1. The molecule has 0 radical (unpaired) electrons. The fourth-order valence-electron chi connectivity index (χ4n) is 0.947. The molecule has 0 aliphatic rings. The second-order valence-corrected chi connectivity index (χ2v) is 3.36. The highest BCUT2D eigenvalue weighted by atomic mass is 16.4. The quantitative estimate of drug-likeness (QED) is 0.564. The number of carbonyl (C=O) groups is 3. The SMILES string of the molecule is CCN(C)C(=O)N[C@H](CCC(N)=O)C(=O)O. The first-order valence-corrected chi connectivity index (χ1v) is 4.91. The average Bonchev–Trinajstić information content (AvgIpc) is 2.21. The monoisotopic (exact) mass is 231 g/mol. The third-order valence-electron chi connectivity index (χ3n) is 2.10. The molecule has 4 N–H and O–H groups in total. The van der Waals surface area contributed by atoms with Crippen LogP contribution in [0.4, 0.5) is 4.79 Å². The zero-order valence-electron chi connectivity index (χ0n) is 9.40. The molecule has 1 atom stereocenters. The maximum atomic E-state index is 11.4. The number of amides is 3. The van der Waals surface area contributed by atoms with E-state index in [1.54, 1.807) is 14.0 Å². The van der Waals surface area contributed by atoms with Gasteiger partial charge in [-0.15, -0.1) is 0 Å². The molecular weight excluding hydrogens is 214 g/mol. The number of carboxylic acid groups (broad SMARTS) is 1. The lowest BCUT2D eigenvalue weighted by atomic mass is 10.1. The van der Waals surface area contributed by atoms with Gasteiger partial charge in [0.05, 0.1) is 0 Å². The summed E-state index contributed by atoms with van der Waals surface area (Å²) in [4.78, 5) is 34.0. The molecule has 7 heteroatoms. The summed E-state index contributed by atoms with van der Waals surface area (Å²) in [6, 6.07) is -1.58. The highest BCUT2D eigenvalue weighted by Gasteiger charge is 2.21. The van der Waals surface area contributed by atoms with Crippen molar-refractivity contribution in [2.24, 2.45) is 5.73 Å². The van der Waals surface area contributed by atoms with Gasteiger partial charge in [-0.1, -0.05) is 0 Å². The second kappa shape index (κ2) is 6.65. The van der Waals surface area contributed by atoms with Gasteiger partial charge in [0.25, 0.3) is 0 Å². The number of carbonyl (C=O) groups excluding carboxylic acids is 2. The van der Waals surface area contributed by atoms with Crippen LogP contribution in [0.1, 0.15) is 19.8 Å². The van der Waals surface area contributed by atoms with Crippen LogP contribution in [0.5, 0.6) is 0 Å². The lowest BCUT2D eigenvalue weighted by Gasteiger charge is -2.19. The van der Waals surface area contributed by atoms with E-state index in [2.05, 4.69) is 5.32 Å². The van der Waals surface area contributed by atoms with Crippen LogP contribution >= 0.6 is 0 Å². The normalized spacial score (nSPS) is 11.6.